The topological polar surface area (TPSA) is 219 Å². The number of amides is 4. The maximum absolute atomic E-state index is 13.7. The number of ether oxygens (including phenoxy) is 4. The van der Waals surface area contributed by atoms with Gasteiger partial charge >= 0.3 is 24.0 Å². The maximum Gasteiger partial charge on any atom is 0.408 e. The molecule has 0 heterocycles. The molecule has 0 saturated heterocycles. The summed E-state index contributed by atoms with van der Waals surface area (Å²) in [6, 6.07) is 22.6. The number of nitrogens with two attached hydrogens (primary N) is 1. The number of primary amides is 1. The van der Waals surface area contributed by atoms with E-state index in [9.17, 15) is 33.6 Å². The van der Waals surface area contributed by atoms with Crippen molar-refractivity contribution < 1.29 is 52.5 Å². The average molecular weight is 775 g/mol. The quantitative estimate of drug-likeness (QED) is 0.0899. The first-order valence-electron chi connectivity index (χ1n) is 18.2. The van der Waals surface area contributed by atoms with E-state index in [0.717, 1.165) is 16.7 Å². The van der Waals surface area contributed by atoms with Crippen LogP contribution < -0.4 is 21.7 Å². The Kier molecular flexibility index (Phi) is 18.0. The van der Waals surface area contributed by atoms with Crippen LogP contribution in [0.1, 0.15) is 76.0 Å². The second kappa shape index (κ2) is 22.8. The number of carbonyl (C=O) groups excluding carboxylic acids is 7. The van der Waals surface area contributed by atoms with E-state index >= 15 is 0 Å². The van der Waals surface area contributed by atoms with Gasteiger partial charge in [0.2, 0.25) is 17.7 Å². The van der Waals surface area contributed by atoms with Gasteiger partial charge in [0.05, 0.1) is 0 Å². The van der Waals surface area contributed by atoms with E-state index in [4.69, 9.17) is 24.7 Å². The van der Waals surface area contributed by atoms with Gasteiger partial charge in [-0.1, -0.05) is 91.0 Å². The molecule has 0 saturated carbocycles. The molecule has 15 heteroatoms. The van der Waals surface area contributed by atoms with Gasteiger partial charge in [0.25, 0.3) is 0 Å². The number of alkyl carbamates (subject to hydrolysis) is 1. The molecule has 0 aliphatic heterocycles. The minimum Gasteiger partial charge on any atom is -0.461 e. The maximum atomic E-state index is 13.7. The first-order chi connectivity index (χ1) is 26.7. The highest BCUT2D eigenvalue weighted by molar-refractivity contribution is 5.94. The number of carbonyl (C=O) groups is 7. The Labute approximate surface area is 326 Å². The molecule has 0 bridgehead atoms. The van der Waals surface area contributed by atoms with Crippen LogP contribution in [0.2, 0.25) is 0 Å². The van der Waals surface area contributed by atoms with E-state index in [-0.39, 0.29) is 58.3 Å². The van der Waals surface area contributed by atoms with Gasteiger partial charge in [-0.25, -0.2) is 4.79 Å². The summed E-state index contributed by atoms with van der Waals surface area (Å²) >= 11 is 0. The fraction of sp³-hybridized carbons (Fsp3) is 0.390. The summed E-state index contributed by atoms with van der Waals surface area (Å²) in [6.07, 6.45) is -2.64. The van der Waals surface area contributed by atoms with Crippen molar-refractivity contribution >= 4 is 41.7 Å². The van der Waals surface area contributed by atoms with Crippen molar-refractivity contribution in [2.75, 3.05) is 0 Å². The van der Waals surface area contributed by atoms with Gasteiger partial charge in [0.15, 0.2) is 0 Å². The lowest BCUT2D eigenvalue weighted by molar-refractivity contribution is -0.147. The smallest absolute Gasteiger partial charge is 0.408 e. The highest BCUT2D eigenvalue weighted by atomic mass is 16.6. The summed E-state index contributed by atoms with van der Waals surface area (Å²) in [4.78, 5) is 90.4. The first kappa shape index (κ1) is 44.1. The lowest BCUT2D eigenvalue weighted by Gasteiger charge is -2.26. The highest BCUT2D eigenvalue weighted by Gasteiger charge is 2.31. The summed E-state index contributed by atoms with van der Waals surface area (Å²) in [7, 11) is 0. The summed E-state index contributed by atoms with van der Waals surface area (Å²) in [6.45, 7) is 4.83. The molecule has 4 amide bonds. The largest absolute Gasteiger partial charge is 0.461 e. The minimum atomic E-state index is -1.47. The van der Waals surface area contributed by atoms with Crippen LogP contribution >= 0.6 is 0 Å². The van der Waals surface area contributed by atoms with Crippen LogP contribution in [0.15, 0.2) is 91.0 Å². The fourth-order valence-corrected chi connectivity index (χ4v) is 5.03. The number of hydrogen-bond acceptors (Lipinski definition) is 11. The zero-order valence-corrected chi connectivity index (χ0v) is 31.8. The van der Waals surface area contributed by atoms with Gasteiger partial charge in [-0.3, -0.25) is 28.8 Å². The van der Waals surface area contributed by atoms with Crippen molar-refractivity contribution in [2.45, 2.75) is 103 Å². The third-order valence-corrected chi connectivity index (χ3v) is 7.94. The molecule has 0 aromatic heterocycles. The Morgan fingerprint density at radius 2 is 0.839 bits per heavy atom. The molecular formula is C41H50N4O11. The zero-order chi connectivity index (χ0) is 40.9. The van der Waals surface area contributed by atoms with Crippen LogP contribution in [0.3, 0.4) is 0 Å². The third kappa shape index (κ3) is 17.7. The molecule has 0 spiro atoms. The Morgan fingerprint density at radius 1 is 0.518 bits per heavy atom. The Morgan fingerprint density at radius 3 is 1.18 bits per heavy atom. The van der Waals surface area contributed by atoms with Crippen LogP contribution in [0.4, 0.5) is 4.79 Å². The molecule has 0 fully saturated rings. The number of benzene rings is 3. The zero-order valence-electron chi connectivity index (χ0n) is 31.8. The van der Waals surface area contributed by atoms with Crippen molar-refractivity contribution in [3.05, 3.63) is 108 Å². The van der Waals surface area contributed by atoms with Crippen molar-refractivity contribution in [1.29, 1.82) is 0 Å². The van der Waals surface area contributed by atoms with E-state index in [0.29, 0.717) is 0 Å². The molecule has 0 radical (unpaired) electrons. The number of esters is 3. The Hall–Kier alpha value is -6.25. The van der Waals surface area contributed by atoms with Crippen LogP contribution in [-0.2, 0) is 67.5 Å². The number of nitrogens with one attached hydrogen (secondary N) is 3. The van der Waals surface area contributed by atoms with Crippen molar-refractivity contribution in [1.82, 2.24) is 16.0 Å². The summed E-state index contributed by atoms with van der Waals surface area (Å²) < 4.78 is 21.2. The van der Waals surface area contributed by atoms with E-state index in [1.165, 1.54) is 0 Å². The van der Waals surface area contributed by atoms with Crippen LogP contribution in [0.5, 0.6) is 0 Å². The average Bonchev–Trinajstić information content (AvgIpc) is 3.17. The molecule has 3 atom stereocenters. The SMILES string of the molecule is CC(C)(C)OC(=O)N[C@H](CCC(=O)OCc1ccccc1)C(=O)N[C@@H](CCC(=O)OCc1ccccc1)C(=O)N[C@H](CCC(=O)OCc1ccccc1)C(N)=O. The molecule has 300 valence electrons. The molecule has 0 aliphatic rings. The normalized spacial score (nSPS) is 12.5. The molecule has 0 unspecified atom stereocenters. The van der Waals surface area contributed by atoms with Crippen LogP contribution in [0, 0.1) is 0 Å². The minimum absolute atomic E-state index is 0.00495. The second-order valence-corrected chi connectivity index (χ2v) is 13.8. The van der Waals surface area contributed by atoms with Gasteiger partial charge in [-0.05, 0) is 56.7 Å². The molecule has 3 aromatic carbocycles. The second-order valence-electron chi connectivity index (χ2n) is 13.8. The predicted octanol–water partition coefficient (Wildman–Crippen LogP) is 3.91. The predicted molar refractivity (Wildman–Crippen MR) is 203 cm³/mol. The monoisotopic (exact) mass is 774 g/mol. The highest BCUT2D eigenvalue weighted by Crippen LogP contribution is 2.12. The molecule has 5 N–H and O–H groups in total. The Bertz CT molecular complexity index is 1750. The first-order valence-corrected chi connectivity index (χ1v) is 18.2. The van der Waals surface area contributed by atoms with Crippen molar-refractivity contribution in [2.24, 2.45) is 5.73 Å². The van der Waals surface area contributed by atoms with Crippen LogP contribution in [0.25, 0.3) is 0 Å². The summed E-state index contributed by atoms with van der Waals surface area (Å²) in [5.74, 6) is -4.74. The van der Waals surface area contributed by atoms with Gasteiger partial charge in [-0.2, -0.15) is 0 Å². The summed E-state index contributed by atoms with van der Waals surface area (Å²) in [5.41, 5.74) is 6.87. The fourth-order valence-electron chi connectivity index (χ4n) is 5.03. The van der Waals surface area contributed by atoms with Gasteiger partial charge in [0.1, 0.15) is 43.5 Å². The van der Waals surface area contributed by atoms with Gasteiger partial charge < -0.3 is 40.6 Å². The third-order valence-electron chi connectivity index (χ3n) is 7.94. The van der Waals surface area contributed by atoms with E-state index in [1.54, 1.807) is 93.6 Å². The number of hydrogen-bond donors (Lipinski definition) is 4. The Balaban J connectivity index is 1.72. The lowest BCUT2D eigenvalue weighted by atomic mass is 10.1. The molecule has 56 heavy (non-hydrogen) atoms. The standard InChI is InChI=1S/C41H50N4O11/c1-41(2,3)56-40(52)45-33(21-24-36(48)55-27-30-17-11-6-12-18-30)39(51)44-32(20-23-35(47)54-26-29-15-9-5-10-16-29)38(50)43-31(37(42)49)19-22-34(46)53-25-28-13-7-4-8-14-28/h4-18,31-33H,19-27H2,1-3H3,(H2,42,49)(H,43,50)(H,44,51)(H,45,52)/t31-,32+,33-/m1/s1. The van der Waals surface area contributed by atoms with E-state index < -0.39 is 65.4 Å². The van der Waals surface area contributed by atoms with E-state index in [2.05, 4.69) is 16.0 Å². The molecular weight excluding hydrogens is 724 g/mol. The lowest BCUT2D eigenvalue weighted by Crippen LogP contribution is -2.56. The van der Waals surface area contributed by atoms with Gasteiger partial charge in [-0.15, -0.1) is 0 Å². The molecule has 0 aliphatic carbocycles. The molecule has 15 nitrogen and oxygen atoms in total. The van der Waals surface area contributed by atoms with Crippen LogP contribution in [-0.4, -0.2) is 65.4 Å². The molecule has 3 rings (SSSR count). The van der Waals surface area contributed by atoms with Gasteiger partial charge in [0, 0.05) is 19.3 Å². The van der Waals surface area contributed by atoms with E-state index in [1.807, 2.05) is 18.2 Å². The van der Waals surface area contributed by atoms with Crippen molar-refractivity contribution in [3.63, 3.8) is 0 Å². The van der Waals surface area contributed by atoms with Crippen molar-refractivity contribution in [3.8, 4) is 0 Å². The molecule has 3 aromatic rings. The summed E-state index contributed by atoms with van der Waals surface area (Å²) in [5, 5.41) is 7.41. The number of rotatable bonds is 21.